The van der Waals surface area contributed by atoms with Crippen LogP contribution in [0.25, 0.3) is 0 Å². The van der Waals surface area contributed by atoms with Gasteiger partial charge in [-0.25, -0.2) is 0 Å². The Kier molecular flexibility index (Phi) is 6.30. The molecule has 0 bridgehead atoms. The van der Waals surface area contributed by atoms with E-state index in [1.165, 1.54) is 0 Å². The number of pyridine rings is 1. The molecule has 1 aliphatic heterocycles. The Hall–Kier alpha value is -1.50. The topological polar surface area (TPSA) is 60.9 Å². The summed E-state index contributed by atoms with van der Waals surface area (Å²) < 4.78 is 16.5. The Morgan fingerprint density at radius 2 is 2.23 bits per heavy atom. The van der Waals surface area contributed by atoms with Crippen molar-refractivity contribution in [2.24, 2.45) is 0 Å². The third-order valence-corrected chi connectivity index (χ3v) is 4.13. The zero-order valence-electron chi connectivity index (χ0n) is 13.4. The van der Waals surface area contributed by atoms with Crippen LogP contribution in [0.4, 0.5) is 0 Å². The Labute approximate surface area is 131 Å². The Morgan fingerprint density at radius 3 is 2.86 bits per heavy atom. The van der Waals surface area contributed by atoms with Gasteiger partial charge in [-0.1, -0.05) is 6.07 Å². The molecule has 1 saturated heterocycles. The highest BCUT2D eigenvalue weighted by Gasteiger charge is 2.38. The number of hydrogen-bond acceptors (Lipinski definition) is 5. The lowest BCUT2D eigenvalue weighted by Gasteiger charge is -2.40. The molecule has 0 aromatic carbocycles. The van der Waals surface area contributed by atoms with Gasteiger partial charge >= 0.3 is 0 Å². The maximum absolute atomic E-state index is 12.4. The van der Waals surface area contributed by atoms with Crippen LogP contribution in [0.2, 0.25) is 0 Å². The van der Waals surface area contributed by atoms with E-state index in [1.807, 2.05) is 12.1 Å². The number of rotatable bonds is 6. The second-order valence-electron chi connectivity index (χ2n) is 5.45. The van der Waals surface area contributed by atoms with E-state index in [2.05, 4.69) is 4.98 Å². The van der Waals surface area contributed by atoms with Crippen LogP contribution in [0.15, 0.2) is 24.5 Å². The fourth-order valence-corrected chi connectivity index (χ4v) is 2.74. The number of amides is 1. The molecule has 0 aliphatic carbocycles. The number of carbonyl (C=O) groups excluding carboxylic acids is 1. The van der Waals surface area contributed by atoms with Gasteiger partial charge in [-0.2, -0.15) is 0 Å². The van der Waals surface area contributed by atoms with Crippen LogP contribution in [0, 0.1) is 0 Å². The Balaban J connectivity index is 1.93. The van der Waals surface area contributed by atoms with E-state index < -0.39 is 0 Å². The minimum absolute atomic E-state index is 0.0660. The van der Waals surface area contributed by atoms with Gasteiger partial charge in [0, 0.05) is 40.1 Å². The molecule has 1 aromatic rings. The number of aryl methyl sites for hydroxylation is 1. The molecular formula is C16H24N2O4. The lowest BCUT2D eigenvalue weighted by molar-refractivity contribution is -0.164. The zero-order chi connectivity index (χ0) is 15.9. The lowest BCUT2D eigenvalue weighted by atomic mass is 10.0. The summed E-state index contributed by atoms with van der Waals surface area (Å²) in [6, 6.07) is 3.72. The van der Waals surface area contributed by atoms with Gasteiger partial charge in [-0.3, -0.25) is 9.78 Å². The standard InChI is InChI=1S/C16H24N2O4/c1-18(13-10-22-11-14(20-2)16(13)21-3)15(19)7-6-12-5-4-8-17-9-12/h4-5,8-9,13-14,16H,6-7,10-11H2,1-3H3/t13-,14-,16+/m1/s1. The van der Waals surface area contributed by atoms with E-state index in [9.17, 15) is 4.79 Å². The molecule has 2 heterocycles. The first-order valence-corrected chi connectivity index (χ1v) is 7.45. The maximum atomic E-state index is 12.4. The first-order chi connectivity index (χ1) is 10.7. The highest BCUT2D eigenvalue weighted by Crippen LogP contribution is 2.19. The maximum Gasteiger partial charge on any atom is 0.223 e. The molecule has 0 spiro atoms. The van der Waals surface area contributed by atoms with Crippen molar-refractivity contribution in [2.75, 3.05) is 34.5 Å². The van der Waals surface area contributed by atoms with E-state index in [-0.39, 0.29) is 24.2 Å². The summed E-state index contributed by atoms with van der Waals surface area (Å²) in [7, 11) is 5.07. The Bertz CT molecular complexity index is 468. The average Bonchev–Trinajstić information content (AvgIpc) is 2.59. The van der Waals surface area contributed by atoms with Gasteiger partial charge in [0.2, 0.25) is 5.91 Å². The van der Waals surface area contributed by atoms with Crippen molar-refractivity contribution in [1.82, 2.24) is 9.88 Å². The number of nitrogens with zero attached hydrogens (tertiary/aromatic N) is 2. The summed E-state index contributed by atoms with van der Waals surface area (Å²) in [6.07, 6.45) is 4.30. The molecule has 1 amide bonds. The lowest BCUT2D eigenvalue weighted by Crippen LogP contribution is -2.57. The molecule has 2 rings (SSSR count). The van der Waals surface area contributed by atoms with E-state index >= 15 is 0 Å². The van der Waals surface area contributed by atoms with Crippen molar-refractivity contribution in [1.29, 1.82) is 0 Å². The predicted octanol–water partition coefficient (Wildman–Crippen LogP) is 0.901. The largest absolute Gasteiger partial charge is 0.376 e. The van der Waals surface area contributed by atoms with E-state index in [4.69, 9.17) is 14.2 Å². The van der Waals surface area contributed by atoms with Gasteiger partial charge in [0.15, 0.2) is 0 Å². The van der Waals surface area contributed by atoms with Crippen molar-refractivity contribution in [3.63, 3.8) is 0 Å². The molecular weight excluding hydrogens is 284 g/mol. The summed E-state index contributed by atoms with van der Waals surface area (Å²) in [4.78, 5) is 18.2. The van der Waals surface area contributed by atoms with Crippen molar-refractivity contribution < 1.29 is 19.0 Å². The first-order valence-electron chi connectivity index (χ1n) is 7.45. The molecule has 0 saturated carbocycles. The van der Waals surface area contributed by atoms with E-state index in [1.54, 1.807) is 38.6 Å². The van der Waals surface area contributed by atoms with Crippen LogP contribution in [-0.4, -0.2) is 68.5 Å². The van der Waals surface area contributed by atoms with Crippen LogP contribution < -0.4 is 0 Å². The highest BCUT2D eigenvalue weighted by atomic mass is 16.6. The second-order valence-corrected chi connectivity index (χ2v) is 5.45. The number of aromatic nitrogens is 1. The smallest absolute Gasteiger partial charge is 0.223 e. The molecule has 0 radical (unpaired) electrons. The van der Waals surface area contributed by atoms with Crippen molar-refractivity contribution in [3.05, 3.63) is 30.1 Å². The average molecular weight is 308 g/mol. The molecule has 6 nitrogen and oxygen atoms in total. The molecule has 0 N–H and O–H groups in total. The third-order valence-electron chi connectivity index (χ3n) is 4.13. The summed E-state index contributed by atoms with van der Waals surface area (Å²) in [5.74, 6) is 0.0660. The molecule has 6 heteroatoms. The van der Waals surface area contributed by atoms with Crippen molar-refractivity contribution in [3.8, 4) is 0 Å². The van der Waals surface area contributed by atoms with Crippen LogP contribution in [-0.2, 0) is 25.4 Å². The minimum atomic E-state index is -0.175. The number of methoxy groups -OCH3 is 2. The quantitative estimate of drug-likeness (QED) is 0.781. The third kappa shape index (κ3) is 4.03. The first kappa shape index (κ1) is 16.9. The van der Waals surface area contributed by atoms with Crippen LogP contribution in [0.3, 0.4) is 0 Å². The van der Waals surface area contributed by atoms with E-state index in [0.717, 1.165) is 5.56 Å². The summed E-state index contributed by atoms with van der Waals surface area (Å²) >= 11 is 0. The highest BCUT2D eigenvalue weighted by molar-refractivity contribution is 5.76. The van der Waals surface area contributed by atoms with Crippen LogP contribution in [0.5, 0.6) is 0 Å². The SMILES string of the molecule is CO[C@H]1[C@H](N(C)C(=O)CCc2cccnc2)COC[C@H]1OC. The molecule has 3 atom stereocenters. The molecule has 1 aromatic heterocycles. The summed E-state index contributed by atoms with van der Waals surface area (Å²) in [5.41, 5.74) is 1.06. The summed E-state index contributed by atoms with van der Waals surface area (Å²) in [6.45, 7) is 0.955. The predicted molar refractivity (Wildman–Crippen MR) is 81.5 cm³/mol. The number of carbonyl (C=O) groups is 1. The van der Waals surface area contributed by atoms with Gasteiger partial charge in [0.25, 0.3) is 0 Å². The molecule has 0 unspecified atom stereocenters. The molecule has 1 fully saturated rings. The van der Waals surface area contributed by atoms with Crippen molar-refractivity contribution in [2.45, 2.75) is 31.1 Å². The fraction of sp³-hybridized carbons (Fsp3) is 0.625. The molecule has 22 heavy (non-hydrogen) atoms. The Morgan fingerprint density at radius 1 is 1.41 bits per heavy atom. The van der Waals surface area contributed by atoms with Crippen molar-refractivity contribution >= 4 is 5.91 Å². The second kappa shape index (κ2) is 8.22. The van der Waals surface area contributed by atoms with Gasteiger partial charge < -0.3 is 19.1 Å². The fourth-order valence-electron chi connectivity index (χ4n) is 2.74. The van der Waals surface area contributed by atoms with Gasteiger partial charge in [0.05, 0.1) is 19.3 Å². The van der Waals surface area contributed by atoms with Gasteiger partial charge in [-0.05, 0) is 18.1 Å². The molecule has 122 valence electrons. The van der Waals surface area contributed by atoms with E-state index in [0.29, 0.717) is 26.1 Å². The normalized spacial score (nSPS) is 25.0. The number of hydrogen-bond donors (Lipinski definition) is 0. The number of ether oxygens (including phenoxy) is 3. The zero-order valence-corrected chi connectivity index (χ0v) is 13.4. The van der Waals surface area contributed by atoms with Gasteiger partial charge in [-0.15, -0.1) is 0 Å². The molecule has 1 aliphatic rings. The van der Waals surface area contributed by atoms with Crippen LogP contribution in [0.1, 0.15) is 12.0 Å². The van der Waals surface area contributed by atoms with Crippen LogP contribution >= 0.6 is 0 Å². The monoisotopic (exact) mass is 308 g/mol. The number of likely N-dealkylation sites (N-methyl/N-ethyl adjacent to an activating group) is 1. The minimum Gasteiger partial charge on any atom is -0.376 e. The summed E-state index contributed by atoms with van der Waals surface area (Å²) in [5, 5.41) is 0. The van der Waals surface area contributed by atoms with Gasteiger partial charge in [0.1, 0.15) is 12.2 Å².